The predicted octanol–water partition coefficient (Wildman–Crippen LogP) is 3.48. The van der Waals surface area contributed by atoms with Crippen LogP contribution < -0.4 is 10.6 Å². The van der Waals surface area contributed by atoms with E-state index in [0.29, 0.717) is 16.4 Å². The van der Waals surface area contributed by atoms with Crippen LogP contribution in [0.2, 0.25) is 5.02 Å². The van der Waals surface area contributed by atoms with Crippen molar-refractivity contribution >= 4 is 40.8 Å². The maximum atomic E-state index is 12.2. The van der Waals surface area contributed by atoms with E-state index in [2.05, 4.69) is 10.6 Å². The third-order valence-electron chi connectivity index (χ3n) is 3.20. The van der Waals surface area contributed by atoms with Crippen LogP contribution in [0.3, 0.4) is 0 Å². The number of amides is 2. The highest BCUT2D eigenvalue weighted by molar-refractivity contribution is 6.33. The van der Waals surface area contributed by atoms with Crippen LogP contribution in [0.4, 0.5) is 11.4 Å². The van der Waals surface area contributed by atoms with E-state index < -0.39 is 18.0 Å². The Morgan fingerprint density at radius 2 is 1.76 bits per heavy atom. The normalized spacial score (nSPS) is 11.3. The summed E-state index contributed by atoms with van der Waals surface area (Å²) in [7, 11) is 0. The van der Waals surface area contributed by atoms with Gasteiger partial charge in [-0.15, -0.1) is 0 Å². The van der Waals surface area contributed by atoms with Crippen LogP contribution in [-0.4, -0.2) is 23.9 Å². The van der Waals surface area contributed by atoms with Crippen molar-refractivity contribution in [3.63, 3.8) is 0 Å². The number of para-hydroxylation sites is 1. The molecule has 2 N–H and O–H groups in total. The standard InChI is InChI=1S/C18H17ClN2O4/c1-11(17(23)21-16-9-4-3-8-15(16)19)25-18(24)13-6-5-7-14(10-13)20-12(2)22/h3-11H,1-2H3,(H,20,22)(H,21,23). The van der Waals surface area contributed by atoms with E-state index in [1.165, 1.54) is 26.0 Å². The summed E-state index contributed by atoms with van der Waals surface area (Å²) in [5, 5.41) is 5.56. The summed E-state index contributed by atoms with van der Waals surface area (Å²) in [6, 6.07) is 13.0. The van der Waals surface area contributed by atoms with Gasteiger partial charge in [-0.05, 0) is 37.3 Å². The minimum absolute atomic E-state index is 0.226. The SMILES string of the molecule is CC(=O)Nc1cccc(C(=O)OC(C)C(=O)Nc2ccccc2Cl)c1. The summed E-state index contributed by atoms with van der Waals surface area (Å²) in [6.45, 7) is 2.83. The fourth-order valence-electron chi connectivity index (χ4n) is 2.01. The van der Waals surface area contributed by atoms with E-state index in [1.807, 2.05) is 0 Å². The van der Waals surface area contributed by atoms with Crippen LogP contribution in [0.1, 0.15) is 24.2 Å². The van der Waals surface area contributed by atoms with Gasteiger partial charge in [0.1, 0.15) is 0 Å². The Morgan fingerprint density at radius 3 is 2.44 bits per heavy atom. The Hall–Kier alpha value is -2.86. The summed E-state index contributed by atoms with van der Waals surface area (Å²) >= 11 is 5.98. The highest BCUT2D eigenvalue weighted by Crippen LogP contribution is 2.21. The molecule has 0 heterocycles. The Morgan fingerprint density at radius 1 is 1.04 bits per heavy atom. The lowest BCUT2D eigenvalue weighted by molar-refractivity contribution is -0.123. The maximum absolute atomic E-state index is 12.2. The van der Waals surface area contributed by atoms with Crippen molar-refractivity contribution in [3.05, 3.63) is 59.1 Å². The number of esters is 1. The number of rotatable bonds is 5. The zero-order valence-electron chi connectivity index (χ0n) is 13.7. The van der Waals surface area contributed by atoms with Crippen LogP contribution >= 0.6 is 11.6 Å². The zero-order valence-corrected chi connectivity index (χ0v) is 14.5. The molecule has 2 rings (SSSR count). The van der Waals surface area contributed by atoms with Crippen molar-refractivity contribution in [3.8, 4) is 0 Å². The highest BCUT2D eigenvalue weighted by Gasteiger charge is 2.20. The van der Waals surface area contributed by atoms with Gasteiger partial charge >= 0.3 is 5.97 Å². The van der Waals surface area contributed by atoms with Crippen molar-refractivity contribution in [1.82, 2.24) is 0 Å². The van der Waals surface area contributed by atoms with E-state index >= 15 is 0 Å². The molecule has 0 saturated carbocycles. The lowest BCUT2D eigenvalue weighted by Gasteiger charge is -2.14. The Balaban J connectivity index is 2.01. The van der Waals surface area contributed by atoms with Crippen LogP contribution in [0.15, 0.2) is 48.5 Å². The quantitative estimate of drug-likeness (QED) is 0.799. The van der Waals surface area contributed by atoms with Crippen molar-refractivity contribution in [1.29, 1.82) is 0 Å². The summed E-state index contributed by atoms with van der Waals surface area (Å²) in [5.41, 5.74) is 1.13. The fourth-order valence-corrected chi connectivity index (χ4v) is 2.19. The van der Waals surface area contributed by atoms with Gasteiger partial charge in [-0.2, -0.15) is 0 Å². The highest BCUT2D eigenvalue weighted by atomic mass is 35.5. The second kappa shape index (κ2) is 8.30. The average molecular weight is 361 g/mol. The van der Waals surface area contributed by atoms with Crippen molar-refractivity contribution in [2.75, 3.05) is 10.6 Å². The lowest BCUT2D eigenvalue weighted by Crippen LogP contribution is -2.30. The third kappa shape index (κ3) is 5.32. The molecule has 130 valence electrons. The summed E-state index contributed by atoms with van der Waals surface area (Å²) < 4.78 is 5.16. The molecule has 0 aliphatic heterocycles. The zero-order chi connectivity index (χ0) is 18.4. The summed E-state index contributed by atoms with van der Waals surface area (Å²) in [4.78, 5) is 35.4. The van der Waals surface area contributed by atoms with Crippen LogP contribution in [0, 0.1) is 0 Å². The maximum Gasteiger partial charge on any atom is 0.338 e. The van der Waals surface area contributed by atoms with Gasteiger partial charge in [0.25, 0.3) is 5.91 Å². The van der Waals surface area contributed by atoms with Crippen LogP contribution in [-0.2, 0) is 14.3 Å². The van der Waals surface area contributed by atoms with Crippen molar-refractivity contribution in [2.24, 2.45) is 0 Å². The Kier molecular flexibility index (Phi) is 6.14. The number of ether oxygens (including phenoxy) is 1. The minimum Gasteiger partial charge on any atom is -0.449 e. The van der Waals surface area contributed by atoms with Crippen LogP contribution in [0.25, 0.3) is 0 Å². The molecule has 0 bridgehead atoms. The number of carbonyl (C=O) groups is 3. The average Bonchev–Trinajstić information content (AvgIpc) is 2.56. The predicted molar refractivity (Wildman–Crippen MR) is 95.7 cm³/mol. The van der Waals surface area contributed by atoms with E-state index in [1.54, 1.807) is 36.4 Å². The first-order chi connectivity index (χ1) is 11.9. The molecule has 0 radical (unpaired) electrons. The molecule has 1 unspecified atom stereocenters. The second-order valence-corrected chi connectivity index (χ2v) is 5.69. The number of hydrogen-bond donors (Lipinski definition) is 2. The van der Waals surface area contributed by atoms with Gasteiger partial charge in [0.05, 0.1) is 16.3 Å². The number of anilines is 2. The second-order valence-electron chi connectivity index (χ2n) is 5.28. The number of carbonyl (C=O) groups excluding carboxylic acids is 3. The molecule has 0 aliphatic rings. The summed E-state index contributed by atoms with van der Waals surface area (Å²) in [5.74, 6) is -1.42. The third-order valence-corrected chi connectivity index (χ3v) is 3.53. The molecule has 0 spiro atoms. The molecular formula is C18H17ClN2O4. The molecule has 0 aliphatic carbocycles. The van der Waals surface area contributed by atoms with E-state index in [9.17, 15) is 14.4 Å². The number of nitrogens with one attached hydrogen (secondary N) is 2. The number of hydrogen-bond acceptors (Lipinski definition) is 4. The van der Waals surface area contributed by atoms with Crippen molar-refractivity contribution in [2.45, 2.75) is 20.0 Å². The molecule has 1 atom stereocenters. The molecular weight excluding hydrogens is 344 g/mol. The van der Waals surface area contributed by atoms with E-state index in [-0.39, 0.29) is 11.5 Å². The topological polar surface area (TPSA) is 84.5 Å². The molecule has 0 saturated heterocycles. The first-order valence-corrected chi connectivity index (χ1v) is 7.88. The van der Waals surface area contributed by atoms with E-state index in [4.69, 9.17) is 16.3 Å². The smallest absolute Gasteiger partial charge is 0.338 e. The molecule has 7 heteroatoms. The molecule has 2 aromatic carbocycles. The number of benzene rings is 2. The molecule has 0 fully saturated rings. The first-order valence-electron chi connectivity index (χ1n) is 7.51. The van der Waals surface area contributed by atoms with Gasteiger partial charge in [0.2, 0.25) is 5.91 Å². The fraction of sp³-hybridized carbons (Fsp3) is 0.167. The van der Waals surface area contributed by atoms with Gasteiger partial charge in [-0.1, -0.05) is 29.8 Å². The van der Waals surface area contributed by atoms with Gasteiger partial charge in [-0.3, -0.25) is 9.59 Å². The Bertz CT molecular complexity index is 807. The van der Waals surface area contributed by atoms with Gasteiger partial charge in [-0.25, -0.2) is 4.79 Å². The monoisotopic (exact) mass is 360 g/mol. The van der Waals surface area contributed by atoms with Crippen LogP contribution in [0.5, 0.6) is 0 Å². The van der Waals surface area contributed by atoms with Gasteiger partial charge in [0, 0.05) is 12.6 Å². The lowest BCUT2D eigenvalue weighted by atomic mass is 10.2. The minimum atomic E-state index is -1.02. The van der Waals surface area contributed by atoms with Gasteiger partial charge < -0.3 is 15.4 Å². The first kappa shape index (κ1) is 18.5. The Labute approximate surface area is 150 Å². The molecule has 0 aromatic heterocycles. The molecule has 2 amide bonds. The molecule has 6 nitrogen and oxygen atoms in total. The van der Waals surface area contributed by atoms with Gasteiger partial charge in [0.15, 0.2) is 6.10 Å². The number of halogens is 1. The molecule has 25 heavy (non-hydrogen) atoms. The summed E-state index contributed by atoms with van der Waals surface area (Å²) in [6.07, 6.45) is -1.02. The molecule has 2 aromatic rings. The van der Waals surface area contributed by atoms with Crippen molar-refractivity contribution < 1.29 is 19.1 Å². The van der Waals surface area contributed by atoms with E-state index in [0.717, 1.165) is 0 Å². The largest absolute Gasteiger partial charge is 0.449 e.